The summed E-state index contributed by atoms with van der Waals surface area (Å²) in [6, 6.07) is 1.92. The number of hydrogen-bond acceptors (Lipinski definition) is 4. The molecule has 0 unspecified atom stereocenters. The SMILES string of the molecule is C=C(C)COCCNc1cc(C)nc(C)n1. The molecule has 4 nitrogen and oxygen atoms in total. The lowest BCUT2D eigenvalue weighted by molar-refractivity contribution is 0.167. The highest BCUT2D eigenvalue weighted by Gasteiger charge is 1.97. The Balaban J connectivity index is 2.29. The molecule has 1 aromatic heterocycles. The van der Waals surface area contributed by atoms with Crippen molar-refractivity contribution in [3.05, 3.63) is 29.7 Å². The van der Waals surface area contributed by atoms with Gasteiger partial charge in [0.15, 0.2) is 0 Å². The number of hydrogen-bond donors (Lipinski definition) is 1. The summed E-state index contributed by atoms with van der Waals surface area (Å²) in [6.07, 6.45) is 0. The molecule has 0 atom stereocenters. The maximum Gasteiger partial charge on any atom is 0.129 e. The third kappa shape index (κ3) is 4.89. The zero-order valence-electron chi connectivity index (χ0n) is 10.2. The van der Waals surface area contributed by atoms with Gasteiger partial charge in [-0.2, -0.15) is 0 Å². The molecule has 0 bridgehead atoms. The van der Waals surface area contributed by atoms with Crippen LogP contribution >= 0.6 is 0 Å². The molecule has 1 rings (SSSR count). The highest BCUT2D eigenvalue weighted by Crippen LogP contribution is 2.04. The van der Waals surface area contributed by atoms with E-state index >= 15 is 0 Å². The van der Waals surface area contributed by atoms with Crippen LogP contribution in [-0.4, -0.2) is 29.7 Å². The first-order chi connectivity index (χ1) is 7.58. The highest BCUT2D eigenvalue weighted by atomic mass is 16.5. The van der Waals surface area contributed by atoms with Crippen molar-refractivity contribution in [2.75, 3.05) is 25.1 Å². The Morgan fingerprint density at radius 3 is 2.81 bits per heavy atom. The molecular weight excluding hydrogens is 202 g/mol. The zero-order chi connectivity index (χ0) is 12.0. The molecule has 0 aromatic carbocycles. The van der Waals surface area contributed by atoms with E-state index in [4.69, 9.17) is 4.74 Å². The predicted octanol–water partition coefficient (Wildman–Crippen LogP) is 2.10. The van der Waals surface area contributed by atoms with Crippen molar-refractivity contribution in [3.8, 4) is 0 Å². The standard InChI is InChI=1S/C12H19N3O/c1-9(2)8-16-6-5-13-12-7-10(3)14-11(4)15-12/h7H,1,5-6,8H2,2-4H3,(H,13,14,15). The first-order valence-electron chi connectivity index (χ1n) is 5.36. The van der Waals surface area contributed by atoms with Crippen LogP contribution in [0.15, 0.2) is 18.2 Å². The Bertz CT molecular complexity index is 343. The fraction of sp³-hybridized carbons (Fsp3) is 0.500. The Morgan fingerprint density at radius 1 is 1.44 bits per heavy atom. The third-order valence-electron chi connectivity index (χ3n) is 1.87. The van der Waals surface area contributed by atoms with Gasteiger partial charge in [-0.05, 0) is 20.8 Å². The molecule has 0 saturated heterocycles. The van der Waals surface area contributed by atoms with E-state index in [2.05, 4.69) is 21.9 Å². The fourth-order valence-electron chi connectivity index (χ4n) is 1.31. The summed E-state index contributed by atoms with van der Waals surface area (Å²) in [6.45, 7) is 11.6. The second kappa shape index (κ2) is 6.23. The summed E-state index contributed by atoms with van der Waals surface area (Å²) in [7, 11) is 0. The smallest absolute Gasteiger partial charge is 0.129 e. The van der Waals surface area contributed by atoms with Crippen molar-refractivity contribution in [2.45, 2.75) is 20.8 Å². The van der Waals surface area contributed by atoms with Crippen LogP contribution in [0.5, 0.6) is 0 Å². The van der Waals surface area contributed by atoms with Gasteiger partial charge >= 0.3 is 0 Å². The van der Waals surface area contributed by atoms with Gasteiger partial charge in [-0.15, -0.1) is 0 Å². The van der Waals surface area contributed by atoms with Crippen molar-refractivity contribution in [1.29, 1.82) is 0 Å². The summed E-state index contributed by atoms with van der Waals surface area (Å²) >= 11 is 0. The van der Waals surface area contributed by atoms with E-state index in [0.29, 0.717) is 13.2 Å². The number of ether oxygens (including phenoxy) is 1. The molecule has 0 aliphatic carbocycles. The quantitative estimate of drug-likeness (QED) is 0.590. The monoisotopic (exact) mass is 221 g/mol. The maximum absolute atomic E-state index is 5.37. The van der Waals surface area contributed by atoms with Gasteiger partial charge in [0.25, 0.3) is 0 Å². The topological polar surface area (TPSA) is 47.0 Å². The summed E-state index contributed by atoms with van der Waals surface area (Å²) in [5.74, 6) is 1.63. The predicted molar refractivity (Wildman–Crippen MR) is 65.6 cm³/mol. The average Bonchev–Trinajstić information content (AvgIpc) is 2.15. The molecule has 0 aliphatic heterocycles. The molecule has 16 heavy (non-hydrogen) atoms. The molecule has 0 spiro atoms. The minimum absolute atomic E-state index is 0.615. The Hall–Kier alpha value is -1.42. The number of nitrogens with zero attached hydrogens (tertiary/aromatic N) is 2. The van der Waals surface area contributed by atoms with Crippen molar-refractivity contribution < 1.29 is 4.74 Å². The summed E-state index contributed by atoms with van der Waals surface area (Å²) in [5, 5.41) is 3.19. The molecule has 0 amide bonds. The van der Waals surface area contributed by atoms with Crippen LogP contribution in [0.2, 0.25) is 0 Å². The largest absolute Gasteiger partial charge is 0.375 e. The number of aryl methyl sites for hydroxylation is 2. The molecule has 1 aromatic rings. The van der Waals surface area contributed by atoms with Crippen molar-refractivity contribution >= 4 is 5.82 Å². The van der Waals surface area contributed by atoms with Gasteiger partial charge in [0, 0.05) is 18.3 Å². The van der Waals surface area contributed by atoms with E-state index in [9.17, 15) is 0 Å². The zero-order valence-corrected chi connectivity index (χ0v) is 10.2. The Kier molecular flexibility index (Phi) is 4.92. The second-order valence-electron chi connectivity index (χ2n) is 3.88. The van der Waals surface area contributed by atoms with Gasteiger partial charge in [-0.25, -0.2) is 9.97 Å². The first-order valence-corrected chi connectivity index (χ1v) is 5.36. The molecular formula is C12H19N3O. The lowest BCUT2D eigenvalue weighted by Crippen LogP contribution is -2.12. The molecule has 0 saturated carbocycles. The van der Waals surface area contributed by atoms with Crippen LogP contribution in [-0.2, 0) is 4.74 Å². The van der Waals surface area contributed by atoms with Crippen molar-refractivity contribution in [2.24, 2.45) is 0 Å². The minimum atomic E-state index is 0.615. The number of anilines is 1. The number of aromatic nitrogens is 2. The van der Waals surface area contributed by atoms with Crippen molar-refractivity contribution in [3.63, 3.8) is 0 Å². The van der Waals surface area contributed by atoms with E-state index in [1.807, 2.05) is 26.8 Å². The summed E-state index contributed by atoms with van der Waals surface area (Å²) < 4.78 is 5.37. The molecule has 1 N–H and O–H groups in total. The van der Waals surface area contributed by atoms with E-state index in [0.717, 1.165) is 29.5 Å². The number of rotatable bonds is 6. The van der Waals surface area contributed by atoms with Crippen LogP contribution in [0.3, 0.4) is 0 Å². The Morgan fingerprint density at radius 2 is 2.19 bits per heavy atom. The van der Waals surface area contributed by atoms with Crippen LogP contribution in [0.1, 0.15) is 18.4 Å². The molecule has 0 fully saturated rings. The van der Waals surface area contributed by atoms with Crippen LogP contribution < -0.4 is 5.32 Å². The van der Waals surface area contributed by atoms with Gasteiger partial charge in [0.1, 0.15) is 11.6 Å². The molecule has 0 aliphatic rings. The van der Waals surface area contributed by atoms with Gasteiger partial charge in [0.05, 0.1) is 13.2 Å². The first kappa shape index (κ1) is 12.6. The molecule has 0 radical (unpaired) electrons. The fourth-order valence-corrected chi connectivity index (χ4v) is 1.31. The second-order valence-corrected chi connectivity index (χ2v) is 3.88. The molecule has 4 heteroatoms. The highest BCUT2D eigenvalue weighted by molar-refractivity contribution is 5.35. The van der Waals surface area contributed by atoms with Gasteiger partial charge in [-0.1, -0.05) is 12.2 Å². The van der Waals surface area contributed by atoms with Crippen LogP contribution in [0.25, 0.3) is 0 Å². The van der Waals surface area contributed by atoms with E-state index in [1.54, 1.807) is 0 Å². The van der Waals surface area contributed by atoms with Gasteiger partial charge < -0.3 is 10.1 Å². The molecule has 88 valence electrons. The molecule has 1 heterocycles. The van der Waals surface area contributed by atoms with Gasteiger partial charge in [0.2, 0.25) is 0 Å². The van der Waals surface area contributed by atoms with Crippen LogP contribution in [0.4, 0.5) is 5.82 Å². The Labute approximate surface area is 96.8 Å². The van der Waals surface area contributed by atoms with Crippen LogP contribution in [0, 0.1) is 13.8 Å². The third-order valence-corrected chi connectivity index (χ3v) is 1.87. The minimum Gasteiger partial charge on any atom is -0.375 e. The normalized spacial score (nSPS) is 10.2. The lowest BCUT2D eigenvalue weighted by atomic mass is 10.4. The lowest BCUT2D eigenvalue weighted by Gasteiger charge is -2.07. The van der Waals surface area contributed by atoms with E-state index < -0.39 is 0 Å². The van der Waals surface area contributed by atoms with Crippen molar-refractivity contribution in [1.82, 2.24) is 9.97 Å². The average molecular weight is 221 g/mol. The van der Waals surface area contributed by atoms with Gasteiger partial charge in [-0.3, -0.25) is 0 Å². The van der Waals surface area contributed by atoms with E-state index in [-0.39, 0.29) is 0 Å². The van der Waals surface area contributed by atoms with E-state index in [1.165, 1.54) is 0 Å². The maximum atomic E-state index is 5.37. The summed E-state index contributed by atoms with van der Waals surface area (Å²) in [4.78, 5) is 8.48. The summed E-state index contributed by atoms with van der Waals surface area (Å²) in [5.41, 5.74) is 2.01. The number of nitrogens with one attached hydrogen (secondary N) is 1.